The molecule has 232 valence electrons. The molecule has 2 rings (SSSR count). The van der Waals surface area contributed by atoms with Gasteiger partial charge in [-0.1, -0.05) is 107 Å². The maximum absolute atomic E-state index is 14.5. The van der Waals surface area contributed by atoms with Gasteiger partial charge in [-0.15, -0.1) is 0 Å². The van der Waals surface area contributed by atoms with Crippen molar-refractivity contribution >= 4 is 17.9 Å². The summed E-state index contributed by atoms with van der Waals surface area (Å²) in [5, 5.41) is 5.95. The molecule has 0 bridgehead atoms. The second kappa shape index (κ2) is 16.9. The predicted molar refractivity (Wildman–Crippen MR) is 170 cm³/mol. The van der Waals surface area contributed by atoms with E-state index in [0.29, 0.717) is 19.5 Å². The number of ether oxygens (including phenoxy) is 1. The molecule has 0 aliphatic carbocycles. The van der Waals surface area contributed by atoms with Crippen molar-refractivity contribution in [2.24, 2.45) is 5.92 Å². The van der Waals surface area contributed by atoms with Crippen LogP contribution in [0.3, 0.4) is 0 Å². The molecule has 0 radical (unpaired) electrons. The zero-order chi connectivity index (χ0) is 31.3. The Bertz CT molecular complexity index is 1140. The first-order valence-corrected chi connectivity index (χ1v) is 15.6. The Labute approximate surface area is 253 Å². The number of carbonyl (C=O) groups excluding carboxylic acids is 3. The predicted octanol–water partition coefficient (Wildman–Crippen LogP) is 7.40. The van der Waals surface area contributed by atoms with Crippen LogP contribution in [-0.4, -0.2) is 41.0 Å². The Morgan fingerprint density at radius 1 is 0.929 bits per heavy atom. The summed E-state index contributed by atoms with van der Waals surface area (Å²) in [7, 11) is 0. The number of amides is 3. The van der Waals surface area contributed by atoms with Crippen molar-refractivity contribution in [1.82, 2.24) is 15.5 Å². The van der Waals surface area contributed by atoms with Crippen molar-refractivity contribution in [2.45, 2.75) is 118 Å². The summed E-state index contributed by atoms with van der Waals surface area (Å²) in [5.41, 5.74) is 3.09. The molecule has 7 nitrogen and oxygen atoms in total. The molecule has 0 saturated carbocycles. The highest BCUT2D eigenvalue weighted by Crippen LogP contribution is 2.28. The van der Waals surface area contributed by atoms with Crippen LogP contribution in [0.15, 0.2) is 48.5 Å². The first-order valence-electron chi connectivity index (χ1n) is 15.6. The van der Waals surface area contributed by atoms with Gasteiger partial charge in [0.05, 0.1) is 0 Å². The molecule has 3 unspecified atom stereocenters. The molecule has 0 saturated heterocycles. The molecule has 0 aromatic heterocycles. The van der Waals surface area contributed by atoms with Crippen molar-refractivity contribution < 1.29 is 19.1 Å². The molecule has 42 heavy (non-hydrogen) atoms. The van der Waals surface area contributed by atoms with Crippen LogP contribution in [-0.2, 0) is 20.9 Å². The lowest BCUT2D eigenvalue weighted by Gasteiger charge is -2.36. The smallest absolute Gasteiger partial charge is 0.408 e. The summed E-state index contributed by atoms with van der Waals surface area (Å²) < 4.78 is 5.53. The van der Waals surface area contributed by atoms with E-state index in [1.165, 1.54) is 0 Å². The fraction of sp³-hybridized carbons (Fsp3) is 0.571. The zero-order valence-corrected chi connectivity index (χ0v) is 27.1. The standard InChI is InChI=1S/C35H53N3O4/c1-9-11-12-13-17-22-38(33(40)30(26(4)10-2)37-34(41)42-35(6,7)8)31(29-21-20-25(3)23-27(29)5)32(39)36-24-28-18-15-14-16-19-28/h14-16,18-21,23,26,30-31H,9-13,17,22,24H2,1-8H3,(H,36,39)(H,37,41). The average Bonchev–Trinajstić information content (AvgIpc) is 2.93. The van der Waals surface area contributed by atoms with E-state index in [9.17, 15) is 14.4 Å². The van der Waals surface area contributed by atoms with Crippen LogP contribution in [0.4, 0.5) is 4.79 Å². The van der Waals surface area contributed by atoms with Gasteiger partial charge < -0.3 is 20.3 Å². The molecule has 0 spiro atoms. The molecular formula is C35H53N3O4. The van der Waals surface area contributed by atoms with E-state index in [0.717, 1.165) is 54.4 Å². The van der Waals surface area contributed by atoms with Gasteiger partial charge in [-0.2, -0.15) is 0 Å². The number of benzene rings is 2. The lowest BCUT2D eigenvalue weighted by atomic mass is 9.93. The SMILES string of the molecule is CCCCCCCN(C(=O)C(NC(=O)OC(C)(C)C)C(C)CC)C(C(=O)NCc1ccccc1)c1ccc(C)cc1C. The topological polar surface area (TPSA) is 87.7 Å². The van der Waals surface area contributed by atoms with Gasteiger partial charge in [0.1, 0.15) is 17.7 Å². The van der Waals surface area contributed by atoms with E-state index < -0.39 is 23.8 Å². The Morgan fingerprint density at radius 2 is 1.60 bits per heavy atom. The van der Waals surface area contributed by atoms with Crippen LogP contribution in [0.25, 0.3) is 0 Å². The number of carbonyl (C=O) groups is 3. The minimum absolute atomic E-state index is 0.167. The molecule has 0 heterocycles. The van der Waals surface area contributed by atoms with Crippen LogP contribution in [0.1, 0.15) is 108 Å². The van der Waals surface area contributed by atoms with Gasteiger partial charge in [-0.25, -0.2) is 4.79 Å². The van der Waals surface area contributed by atoms with Gasteiger partial charge in [0.2, 0.25) is 11.8 Å². The molecule has 7 heteroatoms. The number of nitrogens with zero attached hydrogens (tertiary/aromatic N) is 1. The van der Waals surface area contributed by atoms with E-state index in [4.69, 9.17) is 4.74 Å². The van der Waals surface area contributed by atoms with Gasteiger partial charge in [-0.05, 0) is 63.6 Å². The molecule has 0 aliphatic heterocycles. The second-order valence-electron chi connectivity index (χ2n) is 12.4. The summed E-state index contributed by atoms with van der Waals surface area (Å²) in [6.07, 6.45) is 5.06. The summed E-state index contributed by atoms with van der Waals surface area (Å²) >= 11 is 0. The van der Waals surface area contributed by atoms with E-state index >= 15 is 0 Å². The second-order valence-corrected chi connectivity index (χ2v) is 12.4. The summed E-state index contributed by atoms with van der Waals surface area (Å²) in [6.45, 7) is 16.2. The molecule has 0 fully saturated rings. The third kappa shape index (κ3) is 11.1. The molecular weight excluding hydrogens is 526 g/mol. The fourth-order valence-electron chi connectivity index (χ4n) is 5.01. The molecule has 3 atom stereocenters. The van der Waals surface area contributed by atoms with E-state index in [2.05, 4.69) is 17.6 Å². The Kier molecular flexibility index (Phi) is 14.1. The molecule has 2 aromatic rings. The normalized spacial score (nSPS) is 13.5. The van der Waals surface area contributed by atoms with Crippen molar-refractivity contribution in [1.29, 1.82) is 0 Å². The Morgan fingerprint density at radius 3 is 2.19 bits per heavy atom. The highest BCUT2D eigenvalue weighted by Gasteiger charge is 2.38. The first kappa shape index (κ1) is 34.8. The molecule has 3 amide bonds. The number of hydrogen-bond acceptors (Lipinski definition) is 4. The Balaban J connectivity index is 2.53. The molecule has 2 aromatic carbocycles. The maximum Gasteiger partial charge on any atom is 0.408 e. The van der Waals surface area contributed by atoms with Crippen molar-refractivity contribution in [2.75, 3.05) is 6.54 Å². The largest absolute Gasteiger partial charge is 0.444 e. The van der Waals surface area contributed by atoms with E-state index in [1.54, 1.807) is 25.7 Å². The number of aryl methyl sites for hydroxylation is 2. The van der Waals surface area contributed by atoms with E-state index in [1.807, 2.05) is 76.2 Å². The van der Waals surface area contributed by atoms with Crippen LogP contribution in [0.2, 0.25) is 0 Å². The number of rotatable bonds is 15. The van der Waals surface area contributed by atoms with Gasteiger partial charge >= 0.3 is 6.09 Å². The highest BCUT2D eigenvalue weighted by molar-refractivity contribution is 5.92. The summed E-state index contributed by atoms with van der Waals surface area (Å²) in [6, 6.07) is 14.0. The van der Waals surface area contributed by atoms with Crippen LogP contribution >= 0.6 is 0 Å². The molecule has 0 aliphatic rings. The first-order chi connectivity index (χ1) is 19.9. The maximum atomic E-state index is 14.5. The van der Waals surface area contributed by atoms with Gasteiger partial charge in [0.15, 0.2) is 0 Å². The van der Waals surface area contributed by atoms with Crippen molar-refractivity contribution in [3.8, 4) is 0 Å². The summed E-state index contributed by atoms with van der Waals surface area (Å²) in [4.78, 5) is 43.2. The van der Waals surface area contributed by atoms with Gasteiger partial charge in [-0.3, -0.25) is 9.59 Å². The van der Waals surface area contributed by atoms with Gasteiger partial charge in [0.25, 0.3) is 0 Å². The number of alkyl carbamates (subject to hydrolysis) is 1. The third-order valence-electron chi connectivity index (χ3n) is 7.53. The lowest BCUT2D eigenvalue weighted by molar-refractivity contribution is -0.143. The average molecular weight is 580 g/mol. The quantitative estimate of drug-likeness (QED) is 0.215. The van der Waals surface area contributed by atoms with Crippen LogP contribution < -0.4 is 10.6 Å². The minimum atomic E-state index is -0.847. The van der Waals surface area contributed by atoms with Crippen LogP contribution in [0.5, 0.6) is 0 Å². The lowest BCUT2D eigenvalue weighted by Crippen LogP contribution is -2.55. The fourth-order valence-corrected chi connectivity index (χ4v) is 5.01. The van der Waals surface area contributed by atoms with Crippen LogP contribution in [0, 0.1) is 19.8 Å². The Hall–Kier alpha value is -3.35. The third-order valence-corrected chi connectivity index (χ3v) is 7.53. The van der Waals surface area contributed by atoms with E-state index in [-0.39, 0.29) is 17.7 Å². The van der Waals surface area contributed by atoms with Gasteiger partial charge in [0, 0.05) is 13.1 Å². The van der Waals surface area contributed by atoms with Crippen molar-refractivity contribution in [3.63, 3.8) is 0 Å². The monoisotopic (exact) mass is 579 g/mol. The van der Waals surface area contributed by atoms with Crippen molar-refractivity contribution in [3.05, 3.63) is 70.8 Å². The summed E-state index contributed by atoms with van der Waals surface area (Å²) in [5.74, 6) is -0.682. The number of nitrogens with one attached hydrogen (secondary N) is 2. The zero-order valence-electron chi connectivity index (χ0n) is 27.1. The number of unbranched alkanes of at least 4 members (excludes halogenated alkanes) is 4. The highest BCUT2D eigenvalue weighted by atomic mass is 16.6. The molecule has 2 N–H and O–H groups in total. The number of hydrogen-bond donors (Lipinski definition) is 2. The minimum Gasteiger partial charge on any atom is -0.444 e.